The molecule has 0 bridgehead atoms. The number of hydrogen-bond donors (Lipinski definition) is 3. The van der Waals surface area contributed by atoms with Gasteiger partial charge in [-0.1, -0.05) is 0 Å². The van der Waals surface area contributed by atoms with Gasteiger partial charge < -0.3 is 39.0 Å². The summed E-state index contributed by atoms with van der Waals surface area (Å²) in [6.07, 6.45) is -5.34. The van der Waals surface area contributed by atoms with E-state index in [9.17, 15) is 10.2 Å². The van der Waals surface area contributed by atoms with E-state index in [0.717, 1.165) is 0 Å². The molecule has 20 heavy (non-hydrogen) atoms. The highest BCUT2D eigenvalue weighted by atomic mass is 16.8. The predicted octanol–water partition coefficient (Wildman–Crippen LogP) is -1.43. The van der Waals surface area contributed by atoms with E-state index in [2.05, 4.69) is 0 Å². The monoisotopic (exact) mass is 294 g/mol. The number of ether oxygens (including phenoxy) is 5. The molecule has 8 nitrogen and oxygen atoms in total. The van der Waals surface area contributed by atoms with E-state index in [-0.39, 0.29) is 0 Å². The molecule has 0 saturated carbocycles. The molecule has 8 heteroatoms. The third-order valence-corrected chi connectivity index (χ3v) is 4.14. The Morgan fingerprint density at radius 1 is 1.00 bits per heavy atom. The Hall–Kier alpha value is -0.320. The first-order valence-corrected chi connectivity index (χ1v) is 6.40. The van der Waals surface area contributed by atoms with Gasteiger partial charge in [-0.2, -0.15) is 0 Å². The fraction of sp³-hybridized carbons (Fsp3) is 1.00. The Balaban J connectivity index is 2.30. The Morgan fingerprint density at radius 2 is 1.50 bits per heavy atom. The molecule has 2 aliphatic rings. The molecule has 0 aromatic carbocycles. The molecule has 2 rings (SSSR count). The average molecular weight is 294 g/mol. The van der Waals surface area contributed by atoms with E-state index in [1.807, 2.05) is 0 Å². The highest BCUT2D eigenvalue weighted by Gasteiger charge is 2.62. The van der Waals surface area contributed by atoms with E-state index in [1.54, 1.807) is 13.8 Å². The van der Waals surface area contributed by atoms with Gasteiger partial charge >= 0.3 is 0 Å². The minimum absolute atomic E-state index is 0.448. The summed E-state index contributed by atoms with van der Waals surface area (Å²) in [7, 11) is 2.84. The van der Waals surface area contributed by atoms with Crippen LogP contribution in [0.4, 0.5) is 0 Å². The fourth-order valence-corrected chi connectivity index (χ4v) is 2.52. The maximum atomic E-state index is 10.2. The first kappa shape index (κ1) is 16.1. The van der Waals surface area contributed by atoms with Gasteiger partial charge in [0.2, 0.25) is 11.6 Å². The van der Waals surface area contributed by atoms with Gasteiger partial charge in [0, 0.05) is 14.2 Å². The van der Waals surface area contributed by atoms with E-state index in [1.165, 1.54) is 14.2 Å². The fourth-order valence-electron chi connectivity index (χ4n) is 2.52. The van der Waals surface area contributed by atoms with Crippen molar-refractivity contribution in [3.63, 3.8) is 0 Å². The lowest BCUT2D eigenvalue weighted by Gasteiger charge is -2.55. The van der Waals surface area contributed by atoms with Crippen molar-refractivity contribution in [1.82, 2.24) is 0 Å². The minimum atomic E-state index is -1.35. The van der Waals surface area contributed by atoms with Crippen molar-refractivity contribution < 1.29 is 39.0 Å². The maximum absolute atomic E-state index is 10.2. The molecule has 0 aromatic rings. The van der Waals surface area contributed by atoms with Crippen molar-refractivity contribution in [2.24, 2.45) is 0 Å². The van der Waals surface area contributed by atoms with Crippen molar-refractivity contribution in [2.75, 3.05) is 20.8 Å². The van der Waals surface area contributed by atoms with Crippen LogP contribution in [0, 0.1) is 0 Å². The summed E-state index contributed by atoms with van der Waals surface area (Å²) in [5.41, 5.74) is 0. The lowest BCUT2D eigenvalue weighted by atomic mass is 9.94. The van der Waals surface area contributed by atoms with Crippen LogP contribution in [0.5, 0.6) is 0 Å². The maximum Gasteiger partial charge on any atom is 0.220 e. The molecule has 2 heterocycles. The van der Waals surface area contributed by atoms with Crippen molar-refractivity contribution in [1.29, 1.82) is 0 Å². The molecule has 0 aromatic heterocycles. The summed E-state index contributed by atoms with van der Waals surface area (Å²) in [6.45, 7) is 2.76. The van der Waals surface area contributed by atoms with E-state index >= 15 is 0 Å². The second kappa shape index (κ2) is 5.47. The molecule has 7 atom stereocenters. The van der Waals surface area contributed by atoms with E-state index in [0.29, 0.717) is 0 Å². The SMILES string of the molecule is CO[C@]1(C)O[C@@H]2[C@@H](O[C@@]1(C)OC)[C@@H](O)[C@@H](CO)O[C@H]2O. The molecule has 0 radical (unpaired) electrons. The lowest BCUT2D eigenvalue weighted by molar-refractivity contribution is -0.482. The van der Waals surface area contributed by atoms with Gasteiger partial charge in [0.15, 0.2) is 6.29 Å². The van der Waals surface area contributed by atoms with E-state index < -0.39 is 48.9 Å². The number of methoxy groups -OCH3 is 2. The van der Waals surface area contributed by atoms with Crippen LogP contribution in [0.25, 0.3) is 0 Å². The number of aliphatic hydroxyl groups excluding tert-OH is 3. The number of hydrogen-bond acceptors (Lipinski definition) is 8. The largest absolute Gasteiger partial charge is 0.394 e. The molecule has 3 N–H and O–H groups in total. The van der Waals surface area contributed by atoms with Gasteiger partial charge in [-0.3, -0.25) is 0 Å². The number of fused-ring (bicyclic) bond motifs is 1. The average Bonchev–Trinajstić information content (AvgIpc) is 2.45. The predicted molar refractivity (Wildman–Crippen MR) is 64.5 cm³/mol. The third-order valence-electron chi connectivity index (χ3n) is 4.14. The second-order valence-corrected chi connectivity index (χ2v) is 5.20. The van der Waals surface area contributed by atoms with E-state index in [4.69, 9.17) is 28.8 Å². The van der Waals surface area contributed by atoms with Gasteiger partial charge in [0.05, 0.1) is 6.61 Å². The van der Waals surface area contributed by atoms with Crippen molar-refractivity contribution in [2.45, 2.75) is 56.1 Å². The topological polar surface area (TPSA) is 107 Å². The van der Waals surface area contributed by atoms with Crippen LogP contribution in [0.3, 0.4) is 0 Å². The quantitative estimate of drug-likeness (QED) is 0.581. The first-order valence-electron chi connectivity index (χ1n) is 6.40. The van der Waals surface area contributed by atoms with Crippen LogP contribution in [0.1, 0.15) is 13.8 Å². The van der Waals surface area contributed by atoms with Crippen LogP contribution < -0.4 is 0 Å². The smallest absolute Gasteiger partial charge is 0.220 e. The summed E-state index contributed by atoms with van der Waals surface area (Å²) in [5.74, 6) is -2.58. The molecule has 0 spiro atoms. The summed E-state index contributed by atoms with van der Waals surface area (Å²) >= 11 is 0. The zero-order valence-corrected chi connectivity index (χ0v) is 12.0. The molecule has 0 amide bonds. The van der Waals surface area contributed by atoms with Crippen LogP contribution in [-0.2, 0) is 23.7 Å². The van der Waals surface area contributed by atoms with Gasteiger partial charge in [-0.25, -0.2) is 0 Å². The standard InChI is InChI=1S/C12H22O8/c1-11(16-3)12(2,17-4)20-9-8(19-11)7(14)6(5-13)18-10(9)15/h6-10,13-15H,5H2,1-4H3/t6-,7+,8+,9-,10-,11-,12-/m1/s1. The molecule has 118 valence electrons. The number of aliphatic hydroxyl groups is 3. The van der Waals surface area contributed by atoms with Gasteiger partial charge in [0.1, 0.15) is 24.4 Å². The third kappa shape index (κ3) is 2.26. The molecule has 2 aliphatic heterocycles. The van der Waals surface area contributed by atoms with Crippen molar-refractivity contribution in [3.8, 4) is 0 Å². The number of rotatable bonds is 3. The summed E-state index contributed by atoms with van der Waals surface area (Å²) in [5, 5.41) is 29.3. The molecular weight excluding hydrogens is 272 g/mol. The zero-order valence-electron chi connectivity index (χ0n) is 12.0. The van der Waals surface area contributed by atoms with Crippen LogP contribution in [0.15, 0.2) is 0 Å². The lowest BCUT2D eigenvalue weighted by Crippen LogP contribution is -2.72. The van der Waals surface area contributed by atoms with Gasteiger partial charge in [-0.15, -0.1) is 0 Å². The summed E-state index contributed by atoms with van der Waals surface area (Å²) in [6, 6.07) is 0. The molecule has 0 aliphatic carbocycles. The normalized spacial score (nSPS) is 52.6. The first-order chi connectivity index (χ1) is 9.31. The Kier molecular flexibility index (Phi) is 4.39. The Bertz CT molecular complexity index is 352. The molecule has 2 saturated heterocycles. The second-order valence-electron chi connectivity index (χ2n) is 5.20. The van der Waals surface area contributed by atoms with Crippen LogP contribution in [-0.4, -0.2) is 78.4 Å². The summed E-state index contributed by atoms with van der Waals surface area (Å²) in [4.78, 5) is 0. The van der Waals surface area contributed by atoms with Crippen molar-refractivity contribution in [3.05, 3.63) is 0 Å². The van der Waals surface area contributed by atoms with Crippen LogP contribution >= 0.6 is 0 Å². The van der Waals surface area contributed by atoms with Gasteiger partial charge in [-0.05, 0) is 13.8 Å². The molecular formula is C12H22O8. The van der Waals surface area contributed by atoms with Crippen LogP contribution in [0.2, 0.25) is 0 Å². The Labute approximate surface area is 117 Å². The zero-order chi connectivity index (χ0) is 15.1. The highest BCUT2D eigenvalue weighted by Crippen LogP contribution is 2.42. The summed E-state index contributed by atoms with van der Waals surface area (Å²) < 4.78 is 27.2. The van der Waals surface area contributed by atoms with Gasteiger partial charge in [0.25, 0.3) is 0 Å². The molecule has 2 fully saturated rings. The minimum Gasteiger partial charge on any atom is -0.394 e. The molecule has 0 unspecified atom stereocenters. The van der Waals surface area contributed by atoms with Crippen molar-refractivity contribution >= 4 is 0 Å². The highest BCUT2D eigenvalue weighted by molar-refractivity contribution is 4.99. The Morgan fingerprint density at radius 3 is 1.95 bits per heavy atom.